The molecule has 4 rings (SSSR count). The van der Waals surface area contributed by atoms with Gasteiger partial charge in [0, 0.05) is 11.1 Å². The minimum atomic E-state index is -0.518. The van der Waals surface area contributed by atoms with Gasteiger partial charge in [-0.05, 0) is 59.0 Å². The molecule has 5 heteroatoms. The Morgan fingerprint density at radius 2 is 1.65 bits per heavy atom. The van der Waals surface area contributed by atoms with Crippen LogP contribution >= 0.6 is 11.6 Å². The molecule has 0 saturated carbocycles. The number of allylic oxidation sites excluding steroid dienone is 1. The first-order chi connectivity index (χ1) is 14.7. The highest BCUT2D eigenvalue weighted by atomic mass is 35.5. The standard InChI is InChI=1S/C26H21ClO4/c1-26(2,3)18-8-4-16(5-9-18)14-23-24(28)21-13-12-20(15-22(21)31-23)30-25(29)17-6-10-19(27)11-7-17/h4-15H,1-3H3/b23-14-. The lowest BCUT2D eigenvalue weighted by Gasteiger charge is -2.18. The van der Waals surface area contributed by atoms with Crippen LogP contribution in [0.3, 0.4) is 0 Å². The van der Waals surface area contributed by atoms with Crippen molar-refractivity contribution in [2.45, 2.75) is 26.2 Å². The Kier molecular flexibility index (Phi) is 5.42. The maximum absolute atomic E-state index is 12.7. The first-order valence-electron chi connectivity index (χ1n) is 9.87. The van der Waals surface area contributed by atoms with Crippen molar-refractivity contribution in [2.24, 2.45) is 0 Å². The van der Waals surface area contributed by atoms with Crippen LogP contribution in [0.5, 0.6) is 11.5 Å². The van der Waals surface area contributed by atoms with Gasteiger partial charge in [-0.25, -0.2) is 4.79 Å². The fraction of sp³-hybridized carbons (Fsp3) is 0.154. The highest BCUT2D eigenvalue weighted by Gasteiger charge is 2.28. The molecule has 156 valence electrons. The van der Waals surface area contributed by atoms with E-state index in [0.29, 0.717) is 27.6 Å². The summed E-state index contributed by atoms with van der Waals surface area (Å²) < 4.78 is 11.2. The highest BCUT2D eigenvalue weighted by molar-refractivity contribution is 6.30. The first-order valence-corrected chi connectivity index (χ1v) is 10.2. The van der Waals surface area contributed by atoms with Crippen LogP contribution < -0.4 is 9.47 Å². The second kappa shape index (κ2) is 8.05. The molecule has 0 radical (unpaired) electrons. The van der Waals surface area contributed by atoms with E-state index >= 15 is 0 Å². The maximum Gasteiger partial charge on any atom is 0.343 e. The van der Waals surface area contributed by atoms with Crippen LogP contribution in [-0.4, -0.2) is 11.8 Å². The third-order valence-electron chi connectivity index (χ3n) is 5.01. The predicted octanol–water partition coefficient (Wildman–Crippen LogP) is 6.47. The Balaban J connectivity index is 1.52. The number of carbonyl (C=O) groups is 2. The lowest BCUT2D eigenvalue weighted by atomic mass is 9.86. The van der Waals surface area contributed by atoms with Gasteiger partial charge < -0.3 is 9.47 Å². The van der Waals surface area contributed by atoms with Crippen molar-refractivity contribution >= 4 is 29.4 Å². The van der Waals surface area contributed by atoms with E-state index in [0.717, 1.165) is 5.56 Å². The average Bonchev–Trinajstić information content (AvgIpc) is 3.03. The third kappa shape index (κ3) is 4.54. The summed E-state index contributed by atoms with van der Waals surface area (Å²) in [4.78, 5) is 25.0. The Morgan fingerprint density at radius 1 is 0.968 bits per heavy atom. The molecule has 0 aliphatic carbocycles. The largest absolute Gasteiger partial charge is 0.452 e. The summed E-state index contributed by atoms with van der Waals surface area (Å²) in [5.41, 5.74) is 2.95. The van der Waals surface area contributed by atoms with Gasteiger partial charge in [-0.3, -0.25) is 4.79 Å². The second-order valence-electron chi connectivity index (χ2n) is 8.37. The zero-order chi connectivity index (χ0) is 22.2. The summed E-state index contributed by atoms with van der Waals surface area (Å²) in [7, 11) is 0. The SMILES string of the molecule is CC(C)(C)c1ccc(/C=C2\Oc3cc(OC(=O)c4ccc(Cl)cc4)ccc3C2=O)cc1. The molecule has 0 unspecified atom stereocenters. The van der Waals surface area contributed by atoms with E-state index in [1.165, 1.54) is 5.56 Å². The number of halogens is 1. The van der Waals surface area contributed by atoms with E-state index in [1.54, 1.807) is 48.5 Å². The van der Waals surface area contributed by atoms with E-state index in [4.69, 9.17) is 21.1 Å². The molecule has 1 heterocycles. The van der Waals surface area contributed by atoms with Crippen molar-refractivity contribution in [1.29, 1.82) is 0 Å². The van der Waals surface area contributed by atoms with Gasteiger partial charge in [0.2, 0.25) is 5.78 Å². The summed E-state index contributed by atoms with van der Waals surface area (Å²) in [5.74, 6) is 0.173. The molecule has 0 atom stereocenters. The number of rotatable bonds is 3. The number of ether oxygens (including phenoxy) is 2. The molecule has 0 N–H and O–H groups in total. The molecule has 0 fully saturated rings. The average molecular weight is 433 g/mol. The molecule has 4 nitrogen and oxygen atoms in total. The summed E-state index contributed by atoms with van der Waals surface area (Å²) >= 11 is 5.85. The molecular formula is C26H21ClO4. The second-order valence-corrected chi connectivity index (χ2v) is 8.80. The number of ketones is 1. The number of carbonyl (C=O) groups excluding carboxylic acids is 2. The smallest absolute Gasteiger partial charge is 0.343 e. The van der Waals surface area contributed by atoms with Crippen molar-refractivity contribution in [3.05, 3.63) is 99.8 Å². The van der Waals surface area contributed by atoms with Crippen LogP contribution in [0.25, 0.3) is 6.08 Å². The number of fused-ring (bicyclic) bond motifs is 1. The van der Waals surface area contributed by atoms with Gasteiger partial charge >= 0.3 is 5.97 Å². The third-order valence-corrected chi connectivity index (χ3v) is 5.26. The van der Waals surface area contributed by atoms with E-state index in [-0.39, 0.29) is 17.0 Å². The fourth-order valence-corrected chi connectivity index (χ4v) is 3.34. The summed E-state index contributed by atoms with van der Waals surface area (Å²) in [6.07, 6.45) is 1.72. The topological polar surface area (TPSA) is 52.6 Å². The molecule has 0 aromatic heterocycles. The van der Waals surface area contributed by atoms with E-state index in [2.05, 4.69) is 20.8 Å². The number of benzene rings is 3. The maximum atomic E-state index is 12.7. The molecule has 0 spiro atoms. The van der Waals surface area contributed by atoms with Crippen LogP contribution in [0, 0.1) is 0 Å². The van der Waals surface area contributed by atoms with E-state index < -0.39 is 5.97 Å². The van der Waals surface area contributed by atoms with Crippen molar-refractivity contribution < 1.29 is 19.1 Å². The number of Topliss-reactive ketones (excluding diaryl/α,β-unsaturated/α-hetero) is 1. The van der Waals surface area contributed by atoms with Gasteiger partial charge in [0.1, 0.15) is 11.5 Å². The molecule has 0 bridgehead atoms. The quantitative estimate of drug-likeness (QED) is 0.270. The van der Waals surface area contributed by atoms with Gasteiger partial charge in [0.05, 0.1) is 11.1 Å². The van der Waals surface area contributed by atoms with Crippen LogP contribution in [0.1, 0.15) is 52.6 Å². The molecule has 3 aromatic rings. The number of hydrogen-bond donors (Lipinski definition) is 0. The summed E-state index contributed by atoms with van der Waals surface area (Å²) in [6.45, 7) is 6.45. The van der Waals surface area contributed by atoms with Crippen molar-refractivity contribution in [1.82, 2.24) is 0 Å². The summed E-state index contributed by atoms with van der Waals surface area (Å²) in [6, 6.07) is 19.2. The van der Waals surface area contributed by atoms with Gasteiger partial charge in [0.15, 0.2) is 5.76 Å². The van der Waals surface area contributed by atoms with Gasteiger partial charge in [-0.15, -0.1) is 0 Å². The van der Waals surface area contributed by atoms with Crippen LogP contribution in [0.15, 0.2) is 72.5 Å². The van der Waals surface area contributed by atoms with Gasteiger partial charge in [0.25, 0.3) is 0 Å². The molecule has 3 aromatic carbocycles. The predicted molar refractivity (Wildman–Crippen MR) is 121 cm³/mol. The zero-order valence-corrected chi connectivity index (χ0v) is 18.2. The molecule has 1 aliphatic heterocycles. The molecule has 0 amide bonds. The van der Waals surface area contributed by atoms with Gasteiger partial charge in [-0.1, -0.05) is 56.6 Å². The Morgan fingerprint density at radius 3 is 2.29 bits per heavy atom. The molecular weight excluding hydrogens is 412 g/mol. The van der Waals surface area contributed by atoms with Crippen molar-refractivity contribution in [3.63, 3.8) is 0 Å². The first kappa shape index (κ1) is 20.9. The minimum absolute atomic E-state index is 0.0570. The lowest BCUT2D eigenvalue weighted by Crippen LogP contribution is -2.10. The zero-order valence-electron chi connectivity index (χ0n) is 17.4. The van der Waals surface area contributed by atoms with Crippen molar-refractivity contribution in [3.8, 4) is 11.5 Å². The van der Waals surface area contributed by atoms with E-state index in [1.807, 2.05) is 24.3 Å². The molecule has 31 heavy (non-hydrogen) atoms. The van der Waals surface area contributed by atoms with Crippen molar-refractivity contribution in [2.75, 3.05) is 0 Å². The number of hydrogen-bond acceptors (Lipinski definition) is 4. The number of esters is 1. The lowest BCUT2D eigenvalue weighted by molar-refractivity contribution is 0.0734. The fourth-order valence-electron chi connectivity index (χ4n) is 3.21. The van der Waals surface area contributed by atoms with Crippen LogP contribution in [0.2, 0.25) is 5.02 Å². The Labute approximate surface area is 186 Å². The Bertz CT molecular complexity index is 1180. The monoisotopic (exact) mass is 432 g/mol. The van der Waals surface area contributed by atoms with Crippen LogP contribution in [-0.2, 0) is 5.41 Å². The minimum Gasteiger partial charge on any atom is -0.452 e. The molecule has 0 saturated heterocycles. The van der Waals surface area contributed by atoms with Gasteiger partial charge in [-0.2, -0.15) is 0 Å². The Hall–Kier alpha value is -3.37. The van der Waals surface area contributed by atoms with E-state index in [9.17, 15) is 9.59 Å². The summed E-state index contributed by atoms with van der Waals surface area (Å²) in [5, 5.41) is 0.536. The highest BCUT2D eigenvalue weighted by Crippen LogP contribution is 2.35. The normalized spacial score (nSPS) is 14.3. The van der Waals surface area contributed by atoms with Crippen LogP contribution in [0.4, 0.5) is 0 Å². The molecule has 1 aliphatic rings.